The van der Waals surface area contributed by atoms with Crippen molar-refractivity contribution in [1.29, 1.82) is 0 Å². The van der Waals surface area contributed by atoms with Crippen molar-refractivity contribution in [1.82, 2.24) is 19.3 Å². The minimum atomic E-state index is -0.804. The third kappa shape index (κ3) is 2.66. The first-order valence-electron chi connectivity index (χ1n) is 7.37. The average molecular weight is 374 g/mol. The molecule has 0 bridgehead atoms. The zero-order valence-corrected chi connectivity index (χ0v) is 14.2. The normalized spacial score (nSPS) is 16.4. The van der Waals surface area contributed by atoms with Gasteiger partial charge in [0.15, 0.2) is 12.1 Å². The number of aryl methyl sites for hydroxylation is 1. The standard InChI is InChI=1S/C16H16BrN5O/c1-10-6-14(17)20-22(10)8-11-2-3-12-9-21-5-4-18-15(21)16(23)19-13(12)7-11/h2-7,16,19,23H,8-9H2,1H3. The van der Waals surface area contributed by atoms with Gasteiger partial charge in [0.25, 0.3) is 0 Å². The first kappa shape index (κ1) is 14.5. The van der Waals surface area contributed by atoms with E-state index < -0.39 is 6.23 Å². The zero-order valence-electron chi connectivity index (χ0n) is 12.6. The summed E-state index contributed by atoms with van der Waals surface area (Å²) in [6.45, 7) is 3.41. The van der Waals surface area contributed by atoms with Gasteiger partial charge >= 0.3 is 0 Å². The summed E-state index contributed by atoms with van der Waals surface area (Å²) in [7, 11) is 0. The number of aliphatic hydroxyl groups excluding tert-OH is 1. The monoisotopic (exact) mass is 373 g/mol. The van der Waals surface area contributed by atoms with Gasteiger partial charge in [-0.15, -0.1) is 0 Å². The largest absolute Gasteiger partial charge is 0.367 e. The summed E-state index contributed by atoms with van der Waals surface area (Å²) >= 11 is 3.40. The molecule has 0 spiro atoms. The molecule has 1 aromatic carbocycles. The van der Waals surface area contributed by atoms with E-state index in [1.807, 2.05) is 28.4 Å². The number of nitrogens with zero attached hydrogens (tertiary/aromatic N) is 4. The maximum atomic E-state index is 10.3. The number of hydrogen-bond acceptors (Lipinski definition) is 4. The molecule has 3 heterocycles. The van der Waals surface area contributed by atoms with E-state index in [1.54, 1.807) is 6.20 Å². The first-order chi connectivity index (χ1) is 11.1. The molecule has 3 aromatic rings. The van der Waals surface area contributed by atoms with Crippen LogP contribution in [0.3, 0.4) is 0 Å². The van der Waals surface area contributed by atoms with Crippen molar-refractivity contribution in [2.75, 3.05) is 5.32 Å². The van der Waals surface area contributed by atoms with Crippen molar-refractivity contribution in [3.05, 3.63) is 63.9 Å². The lowest BCUT2D eigenvalue weighted by Crippen LogP contribution is -2.12. The fourth-order valence-electron chi connectivity index (χ4n) is 2.89. The average Bonchev–Trinajstić information content (AvgIpc) is 3.05. The Kier molecular flexibility index (Phi) is 3.46. The van der Waals surface area contributed by atoms with Crippen LogP contribution < -0.4 is 5.32 Å². The van der Waals surface area contributed by atoms with Crippen molar-refractivity contribution in [3.8, 4) is 0 Å². The van der Waals surface area contributed by atoms with Gasteiger partial charge < -0.3 is 15.0 Å². The van der Waals surface area contributed by atoms with E-state index in [-0.39, 0.29) is 0 Å². The van der Waals surface area contributed by atoms with Crippen LogP contribution in [0.5, 0.6) is 0 Å². The van der Waals surface area contributed by atoms with Crippen molar-refractivity contribution >= 4 is 21.6 Å². The Hall–Kier alpha value is -2.12. The number of benzene rings is 1. The van der Waals surface area contributed by atoms with Gasteiger partial charge in [0.1, 0.15) is 4.60 Å². The third-order valence-electron chi connectivity index (χ3n) is 4.08. The molecule has 1 aliphatic rings. The van der Waals surface area contributed by atoms with Gasteiger partial charge in [-0.1, -0.05) is 12.1 Å². The van der Waals surface area contributed by atoms with Gasteiger partial charge in [0, 0.05) is 23.8 Å². The van der Waals surface area contributed by atoms with Crippen LogP contribution in [0.4, 0.5) is 5.69 Å². The van der Waals surface area contributed by atoms with E-state index in [1.165, 1.54) is 0 Å². The smallest absolute Gasteiger partial charge is 0.184 e. The van der Waals surface area contributed by atoms with E-state index in [0.29, 0.717) is 18.9 Å². The van der Waals surface area contributed by atoms with Gasteiger partial charge in [-0.05, 0) is 46.1 Å². The number of halogens is 1. The zero-order chi connectivity index (χ0) is 16.0. The summed E-state index contributed by atoms with van der Waals surface area (Å²) in [4.78, 5) is 4.22. The second kappa shape index (κ2) is 5.50. The molecule has 4 rings (SSSR count). The molecule has 1 aliphatic heterocycles. The van der Waals surface area contributed by atoms with Crippen molar-refractivity contribution in [3.63, 3.8) is 0 Å². The van der Waals surface area contributed by atoms with Gasteiger partial charge in [-0.2, -0.15) is 5.10 Å². The van der Waals surface area contributed by atoms with Crippen molar-refractivity contribution in [2.45, 2.75) is 26.2 Å². The number of aromatic nitrogens is 4. The van der Waals surface area contributed by atoms with E-state index in [9.17, 15) is 5.11 Å². The van der Waals surface area contributed by atoms with Crippen LogP contribution in [0.1, 0.15) is 28.9 Å². The molecule has 0 aliphatic carbocycles. The molecule has 1 atom stereocenters. The van der Waals surface area contributed by atoms with Gasteiger partial charge in [-0.3, -0.25) is 4.68 Å². The van der Waals surface area contributed by atoms with Crippen molar-refractivity contribution < 1.29 is 5.11 Å². The van der Waals surface area contributed by atoms with Crippen LogP contribution in [0.2, 0.25) is 0 Å². The number of rotatable bonds is 2. The molecular formula is C16H16BrN5O. The van der Waals surface area contributed by atoms with Crippen LogP contribution in [0.15, 0.2) is 41.3 Å². The van der Waals surface area contributed by atoms with Crippen LogP contribution in [0, 0.1) is 6.92 Å². The highest BCUT2D eigenvalue weighted by Crippen LogP contribution is 2.27. The second-order valence-corrected chi connectivity index (χ2v) is 6.53. The fourth-order valence-corrected chi connectivity index (χ4v) is 3.42. The third-order valence-corrected chi connectivity index (χ3v) is 4.47. The summed E-state index contributed by atoms with van der Waals surface area (Å²) in [5.41, 5.74) is 4.29. The van der Waals surface area contributed by atoms with Crippen molar-refractivity contribution in [2.24, 2.45) is 0 Å². The molecule has 6 nitrogen and oxygen atoms in total. The molecule has 1 unspecified atom stereocenters. The quantitative estimate of drug-likeness (QED) is 0.724. The molecule has 0 saturated heterocycles. The molecule has 0 saturated carbocycles. The lowest BCUT2D eigenvalue weighted by molar-refractivity contribution is 0.195. The predicted octanol–water partition coefficient (Wildman–Crippen LogP) is 2.66. The Labute approximate surface area is 141 Å². The molecule has 118 valence electrons. The Balaban J connectivity index is 1.66. The molecule has 2 aromatic heterocycles. The number of aliphatic hydroxyl groups is 1. The molecule has 0 amide bonds. The van der Waals surface area contributed by atoms with Crippen LogP contribution in [-0.2, 0) is 13.1 Å². The molecule has 2 N–H and O–H groups in total. The summed E-state index contributed by atoms with van der Waals surface area (Å²) in [5.74, 6) is 0.634. The van der Waals surface area contributed by atoms with Gasteiger partial charge in [-0.25, -0.2) is 4.98 Å². The number of imidazole rings is 1. The highest BCUT2D eigenvalue weighted by Gasteiger charge is 2.20. The highest BCUT2D eigenvalue weighted by molar-refractivity contribution is 9.10. The Morgan fingerprint density at radius 1 is 1.39 bits per heavy atom. The topological polar surface area (TPSA) is 67.9 Å². The van der Waals surface area contributed by atoms with E-state index in [0.717, 1.165) is 27.1 Å². The minimum absolute atomic E-state index is 0.634. The Morgan fingerprint density at radius 3 is 3.04 bits per heavy atom. The molecule has 23 heavy (non-hydrogen) atoms. The highest BCUT2D eigenvalue weighted by atomic mass is 79.9. The SMILES string of the molecule is Cc1cc(Br)nn1Cc1ccc2c(c1)NC(O)c1nccn1C2. The van der Waals surface area contributed by atoms with Crippen LogP contribution >= 0.6 is 15.9 Å². The summed E-state index contributed by atoms with van der Waals surface area (Å²) in [6, 6.07) is 8.25. The van der Waals surface area contributed by atoms with Crippen LogP contribution in [-0.4, -0.2) is 24.4 Å². The first-order valence-corrected chi connectivity index (χ1v) is 8.17. The Bertz CT molecular complexity index is 869. The fraction of sp³-hybridized carbons (Fsp3) is 0.250. The van der Waals surface area contributed by atoms with Gasteiger partial charge in [0.05, 0.1) is 13.1 Å². The summed E-state index contributed by atoms with van der Waals surface area (Å²) in [5, 5.41) is 17.9. The van der Waals surface area contributed by atoms with E-state index >= 15 is 0 Å². The van der Waals surface area contributed by atoms with E-state index in [2.05, 4.69) is 49.5 Å². The van der Waals surface area contributed by atoms with E-state index in [4.69, 9.17) is 0 Å². The Morgan fingerprint density at radius 2 is 2.26 bits per heavy atom. The second-order valence-electron chi connectivity index (χ2n) is 5.72. The molecule has 0 radical (unpaired) electrons. The number of fused-ring (bicyclic) bond motifs is 2. The molecular weight excluding hydrogens is 358 g/mol. The maximum absolute atomic E-state index is 10.3. The van der Waals surface area contributed by atoms with Gasteiger partial charge in [0.2, 0.25) is 0 Å². The number of hydrogen-bond donors (Lipinski definition) is 2. The summed E-state index contributed by atoms with van der Waals surface area (Å²) < 4.78 is 4.74. The minimum Gasteiger partial charge on any atom is -0.367 e. The number of nitrogens with one attached hydrogen (secondary N) is 1. The lowest BCUT2D eigenvalue weighted by Gasteiger charge is -2.13. The van der Waals surface area contributed by atoms with Crippen LogP contribution in [0.25, 0.3) is 0 Å². The maximum Gasteiger partial charge on any atom is 0.184 e. The molecule has 7 heteroatoms. The lowest BCUT2D eigenvalue weighted by atomic mass is 10.1. The number of anilines is 1. The predicted molar refractivity (Wildman–Crippen MR) is 90.1 cm³/mol. The summed E-state index contributed by atoms with van der Waals surface area (Å²) in [6.07, 6.45) is 2.79. The molecule has 0 fully saturated rings.